The minimum absolute atomic E-state index is 0.0554. The Balaban J connectivity index is 1.25. The summed E-state index contributed by atoms with van der Waals surface area (Å²) in [5.74, 6) is -1.43. The second-order valence-electron chi connectivity index (χ2n) is 14.4. The van der Waals surface area contributed by atoms with E-state index in [4.69, 9.17) is 4.74 Å². The van der Waals surface area contributed by atoms with Gasteiger partial charge < -0.3 is 24.4 Å². The van der Waals surface area contributed by atoms with Gasteiger partial charge in [-0.25, -0.2) is 4.68 Å². The maximum atomic E-state index is 15.0. The quantitative estimate of drug-likeness (QED) is 0.0969. The molecule has 7 rings (SSSR count). The van der Waals surface area contributed by atoms with Gasteiger partial charge in [-0.3, -0.25) is 29.6 Å². The number of nitrogens with zero attached hydrogens (tertiary/aromatic N) is 4. The second kappa shape index (κ2) is 13.9. The van der Waals surface area contributed by atoms with Crippen LogP contribution in [0.5, 0.6) is 0 Å². The van der Waals surface area contributed by atoms with Gasteiger partial charge in [0.1, 0.15) is 0 Å². The molecule has 0 radical (unpaired) electrons. The standard InChI is InChI=1S/C39H41N5O8Si/c1-25-36(53(2,3)51)34(22-35(46)41(18-19-45)23-26-10-5-4-6-11-26)52-39(25)31-21-29(44(49)50)16-17-33(31)42(38(39)48)24-27-12-9-13-28(20-27)43-37(47)30-14-7-8-15-32(30)40-43/h4-17,20-21,25,34,36,40,45,51H,18-19,22-24H2,1-3H3/t25-,34+,36-,39+/m0/s1. The monoisotopic (exact) mass is 735 g/mol. The van der Waals surface area contributed by atoms with Gasteiger partial charge in [0.05, 0.1) is 52.9 Å². The first-order valence-electron chi connectivity index (χ1n) is 17.6. The number of non-ortho nitro benzene ring substituents is 1. The van der Waals surface area contributed by atoms with Crippen molar-refractivity contribution in [1.29, 1.82) is 0 Å². The average Bonchev–Trinajstić information content (AvgIpc) is 3.71. The Morgan fingerprint density at radius 3 is 2.42 bits per heavy atom. The van der Waals surface area contributed by atoms with Crippen LogP contribution in [0.4, 0.5) is 11.4 Å². The van der Waals surface area contributed by atoms with Crippen LogP contribution in [0.1, 0.15) is 30.0 Å². The highest BCUT2D eigenvalue weighted by Crippen LogP contribution is 2.60. The zero-order chi connectivity index (χ0) is 37.7. The first-order valence-corrected chi connectivity index (χ1v) is 20.6. The Labute approximate surface area is 306 Å². The molecule has 53 heavy (non-hydrogen) atoms. The summed E-state index contributed by atoms with van der Waals surface area (Å²) in [4.78, 5) is 68.4. The molecular weight excluding hydrogens is 695 g/mol. The molecule has 1 aromatic heterocycles. The molecule has 4 atom stereocenters. The zero-order valence-corrected chi connectivity index (χ0v) is 30.6. The summed E-state index contributed by atoms with van der Waals surface area (Å²) in [7, 11) is -3.17. The first kappa shape index (κ1) is 36.0. The van der Waals surface area contributed by atoms with Crippen LogP contribution < -0.4 is 10.5 Å². The Morgan fingerprint density at radius 2 is 1.72 bits per heavy atom. The maximum absolute atomic E-state index is 15.0. The van der Waals surface area contributed by atoms with Gasteiger partial charge in [-0.15, -0.1) is 0 Å². The number of rotatable bonds is 11. The summed E-state index contributed by atoms with van der Waals surface area (Å²) >= 11 is 0. The van der Waals surface area contributed by atoms with E-state index in [0.29, 0.717) is 33.4 Å². The van der Waals surface area contributed by atoms with E-state index in [0.717, 1.165) is 5.56 Å². The molecule has 1 fully saturated rings. The molecule has 0 unspecified atom stereocenters. The van der Waals surface area contributed by atoms with Gasteiger partial charge in [0.15, 0.2) is 13.9 Å². The number of hydrogen-bond donors (Lipinski definition) is 3. The predicted molar refractivity (Wildman–Crippen MR) is 201 cm³/mol. The topological polar surface area (TPSA) is 171 Å². The van der Waals surface area contributed by atoms with Crippen molar-refractivity contribution in [3.8, 4) is 5.69 Å². The van der Waals surface area contributed by atoms with E-state index < -0.39 is 42.3 Å². The van der Waals surface area contributed by atoms with Gasteiger partial charge in [-0.1, -0.05) is 61.5 Å². The Morgan fingerprint density at radius 1 is 1.00 bits per heavy atom. The lowest BCUT2D eigenvalue weighted by Crippen LogP contribution is -2.46. The molecule has 0 saturated carbocycles. The second-order valence-corrected chi connectivity index (χ2v) is 18.4. The number of H-pyrrole nitrogens is 1. The van der Waals surface area contributed by atoms with Gasteiger partial charge in [0.2, 0.25) is 5.91 Å². The molecule has 0 bridgehead atoms. The van der Waals surface area contributed by atoms with E-state index in [2.05, 4.69) is 5.10 Å². The van der Waals surface area contributed by atoms with Crippen LogP contribution in [0.15, 0.2) is 102 Å². The number of amides is 2. The van der Waals surface area contributed by atoms with E-state index in [9.17, 15) is 34.4 Å². The Hall–Kier alpha value is -5.41. The van der Waals surface area contributed by atoms with Crippen molar-refractivity contribution < 1.29 is 29.2 Å². The summed E-state index contributed by atoms with van der Waals surface area (Å²) in [6.07, 6.45) is -1.06. The van der Waals surface area contributed by atoms with Crippen molar-refractivity contribution in [1.82, 2.24) is 14.7 Å². The molecule has 13 nitrogen and oxygen atoms in total. The summed E-state index contributed by atoms with van der Waals surface area (Å²) in [6, 6.07) is 28.0. The van der Waals surface area contributed by atoms with E-state index in [1.54, 1.807) is 49.5 Å². The number of ether oxygens (including phenoxy) is 1. The van der Waals surface area contributed by atoms with Crippen LogP contribution in [-0.2, 0) is 33.0 Å². The first-order chi connectivity index (χ1) is 25.3. The number of carbonyl (C=O) groups excluding carboxylic acids is 2. The lowest BCUT2D eigenvalue weighted by Gasteiger charge is -2.32. The van der Waals surface area contributed by atoms with E-state index in [1.807, 2.05) is 55.5 Å². The number of para-hydroxylation sites is 1. The molecule has 1 spiro atoms. The fraction of sp³-hybridized carbons (Fsp3) is 0.308. The number of nitro benzene ring substituents is 1. The number of aromatic nitrogens is 2. The molecule has 3 N–H and O–H groups in total. The lowest BCUT2D eigenvalue weighted by atomic mass is 9.82. The molecule has 274 valence electrons. The number of aliphatic hydroxyl groups excluding tert-OH is 1. The lowest BCUT2D eigenvalue weighted by molar-refractivity contribution is -0.385. The summed E-state index contributed by atoms with van der Waals surface area (Å²) in [6.45, 7) is 5.43. The number of aliphatic hydroxyl groups is 1. The summed E-state index contributed by atoms with van der Waals surface area (Å²) < 4.78 is 8.24. The van der Waals surface area contributed by atoms with E-state index in [1.165, 1.54) is 26.6 Å². The third-order valence-corrected chi connectivity index (χ3v) is 13.1. The van der Waals surface area contributed by atoms with Gasteiger partial charge in [-0.05, 0) is 54.6 Å². The number of benzene rings is 4. The van der Waals surface area contributed by atoms with Gasteiger partial charge >= 0.3 is 0 Å². The van der Waals surface area contributed by atoms with Crippen LogP contribution >= 0.6 is 0 Å². The highest BCUT2D eigenvalue weighted by atomic mass is 28.4. The summed E-state index contributed by atoms with van der Waals surface area (Å²) in [5.41, 5.74) is 0.774. The van der Waals surface area contributed by atoms with Crippen LogP contribution in [0.3, 0.4) is 0 Å². The molecule has 2 aliphatic rings. The number of carbonyl (C=O) groups is 2. The molecule has 5 aromatic rings. The van der Waals surface area contributed by atoms with Crippen LogP contribution in [-0.4, -0.2) is 68.9 Å². The maximum Gasteiger partial charge on any atom is 0.279 e. The van der Waals surface area contributed by atoms with E-state index in [-0.39, 0.29) is 49.8 Å². The van der Waals surface area contributed by atoms with Gasteiger partial charge in [-0.2, -0.15) is 0 Å². The molecular formula is C39H41N5O8Si. The fourth-order valence-corrected chi connectivity index (χ4v) is 10.8. The zero-order valence-electron chi connectivity index (χ0n) is 29.6. The van der Waals surface area contributed by atoms with Crippen LogP contribution in [0.2, 0.25) is 18.6 Å². The van der Waals surface area contributed by atoms with Gasteiger partial charge in [0.25, 0.3) is 17.2 Å². The predicted octanol–water partition coefficient (Wildman–Crippen LogP) is 4.98. The highest BCUT2D eigenvalue weighted by Gasteiger charge is 2.66. The highest BCUT2D eigenvalue weighted by molar-refractivity contribution is 6.71. The largest absolute Gasteiger partial charge is 0.432 e. The third kappa shape index (κ3) is 6.37. The molecule has 1 saturated heterocycles. The molecule has 3 heterocycles. The van der Waals surface area contributed by atoms with Crippen molar-refractivity contribution in [2.24, 2.45) is 5.92 Å². The van der Waals surface area contributed by atoms with Crippen LogP contribution in [0, 0.1) is 16.0 Å². The smallest absolute Gasteiger partial charge is 0.279 e. The molecule has 0 aliphatic carbocycles. The van der Waals surface area contributed by atoms with Crippen molar-refractivity contribution in [2.45, 2.75) is 56.8 Å². The van der Waals surface area contributed by atoms with Crippen molar-refractivity contribution in [3.63, 3.8) is 0 Å². The molecule has 4 aromatic carbocycles. The number of hydrogen-bond acceptors (Lipinski definition) is 8. The number of fused-ring (bicyclic) bond motifs is 3. The normalized spacial score (nSPS) is 21.0. The molecule has 2 amide bonds. The Bertz CT molecular complexity index is 2270. The number of nitro groups is 1. The number of aromatic amines is 1. The average molecular weight is 736 g/mol. The number of anilines is 1. The third-order valence-electron chi connectivity index (χ3n) is 10.6. The van der Waals surface area contributed by atoms with Gasteiger partial charge in [0, 0.05) is 42.2 Å². The van der Waals surface area contributed by atoms with E-state index >= 15 is 0 Å². The SMILES string of the molecule is C[C@H]1[C@H]([Si](C)(C)O)[C@@H](CC(=O)N(CCO)Cc2ccccc2)O[C@]12C(=O)N(Cc1cccc(-n3[nH]c4ccccc4c3=O)c1)c1ccc([N+](=O)[O-])cc12. The minimum Gasteiger partial charge on any atom is -0.432 e. The Kier molecular flexibility index (Phi) is 9.40. The van der Waals surface area contributed by atoms with Crippen molar-refractivity contribution in [2.75, 3.05) is 18.1 Å². The van der Waals surface area contributed by atoms with Crippen LogP contribution in [0.25, 0.3) is 16.6 Å². The number of nitrogens with one attached hydrogen (secondary N) is 1. The van der Waals surface area contributed by atoms with Crippen molar-refractivity contribution >= 4 is 42.4 Å². The minimum atomic E-state index is -3.17. The summed E-state index contributed by atoms with van der Waals surface area (Å²) in [5, 5.41) is 25.6. The fourth-order valence-electron chi connectivity index (χ4n) is 8.27. The molecule has 2 aliphatic heterocycles. The molecule has 14 heteroatoms. The van der Waals surface area contributed by atoms with Crippen molar-refractivity contribution in [3.05, 3.63) is 134 Å².